The lowest BCUT2D eigenvalue weighted by Gasteiger charge is -2.27. The number of rotatable bonds is 16. The lowest BCUT2D eigenvalue weighted by atomic mass is 10.0. The maximum absolute atomic E-state index is 13.4. The van der Waals surface area contributed by atoms with Gasteiger partial charge in [-0.3, -0.25) is 14.4 Å². The van der Waals surface area contributed by atoms with Gasteiger partial charge in [-0.1, -0.05) is 51.7 Å². The Kier molecular flexibility index (Phi) is 14.0. The van der Waals surface area contributed by atoms with E-state index in [0.29, 0.717) is 17.7 Å². The van der Waals surface area contributed by atoms with Crippen LogP contribution >= 0.6 is 11.8 Å². The van der Waals surface area contributed by atoms with Gasteiger partial charge in [-0.25, -0.2) is 0 Å². The average Bonchev–Trinajstić information content (AvgIpc) is 2.77. The molecule has 0 aromatic heterocycles. The molecule has 1 aromatic carbocycles. The summed E-state index contributed by atoms with van der Waals surface area (Å²) in [5.41, 5.74) is 0.681. The molecule has 0 saturated carbocycles. The molecule has 0 radical (unpaired) electrons. The van der Waals surface area contributed by atoms with Crippen LogP contribution in [0.3, 0.4) is 0 Å². The lowest BCUT2D eigenvalue weighted by molar-refractivity contribution is -0.141. The topological polar surface area (TPSA) is 63.7 Å². The van der Waals surface area contributed by atoms with E-state index in [9.17, 15) is 14.4 Å². The predicted octanol–water partition coefficient (Wildman–Crippen LogP) is 5.76. The Hall–Kier alpha value is -1.82. The van der Waals surface area contributed by atoms with E-state index in [1.54, 1.807) is 18.7 Å². The summed E-state index contributed by atoms with van der Waals surface area (Å²) in [6.45, 7) is 7.44. The van der Waals surface area contributed by atoms with Crippen molar-refractivity contribution in [3.8, 4) is 0 Å². The summed E-state index contributed by atoms with van der Waals surface area (Å²) < 4.78 is 4.80. The number of Topliss-reactive ketones (excluding diaryl/α,β-unsaturated/α-hetero) is 1. The highest BCUT2D eigenvalue weighted by atomic mass is 32.2. The summed E-state index contributed by atoms with van der Waals surface area (Å²) >= 11 is 1.60. The van der Waals surface area contributed by atoms with Gasteiger partial charge in [0.1, 0.15) is 0 Å². The first-order valence-corrected chi connectivity index (χ1v) is 12.5. The predicted molar refractivity (Wildman–Crippen MR) is 128 cm³/mol. The van der Waals surface area contributed by atoms with Gasteiger partial charge < -0.3 is 9.64 Å². The van der Waals surface area contributed by atoms with Crippen molar-refractivity contribution >= 4 is 29.4 Å². The zero-order valence-electron chi connectivity index (χ0n) is 19.7. The van der Waals surface area contributed by atoms with Gasteiger partial charge in [-0.15, -0.1) is 11.8 Å². The van der Waals surface area contributed by atoms with Crippen LogP contribution < -0.4 is 0 Å². The maximum atomic E-state index is 13.4. The van der Waals surface area contributed by atoms with Gasteiger partial charge in [0.2, 0.25) is 5.91 Å². The summed E-state index contributed by atoms with van der Waals surface area (Å²) in [5, 5.41) is 0. The second kappa shape index (κ2) is 15.9. The van der Waals surface area contributed by atoms with Crippen LogP contribution in [0, 0.1) is 5.92 Å². The Bertz CT molecular complexity index is 665. The number of carbonyl (C=O) groups is 3. The molecular formula is C25H39NO4S. The first-order valence-electron chi connectivity index (χ1n) is 11.5. The van der Waals surface area contributed by atoms with Gasteiger partial charge in [-0.05, 0) is 38.3 Å². The number of hydrogen-bond donors (Lipinski definition) is 0. The quantitative estimate of drug-likeness (QED) is 0.139. The van der Waals surface area contributed by atoms with Crippen molar-refractivity contribution in [1.29, 1.82) is 0 Å². The monoisotopic (exact) mass is 449 g/mol. The number of ether oxygens (including phenoxy) is 1. The van der Waals surface area contributed by atoms with Crippen molar-refractivity contribution < 1.29 is 19.1 Å². The third kappa shape index (κ3) is 10.9. The van der Waals surface area contributed by atoms with Crippen molar-refractivity contribution in [2.75, 3.05) is 26.0 Å². The number of nitrogens with zero attached hydrogens (tertiary/aromatic N) is 1. The fourth-order valence-electron chi connectivity index (χ4n) is 3.35. The molecule has 0 aliphatic heterocycles. The maximum Gasteiger partial charge on any atom is 0.305 e. The van der Waals surface area contributed by atoms with E-state index in [-0.39, 0.29) is 30.0 Å². The van der Waals surface area contributed by atoms with Crippen LogP contribution in [-0.2, 0) is 14.3 Å². The van der Waals surface area contributed by atoms with Gasteiger partial charge in [-0.2, -0.15) is 0 Å². The molecule has 0 bridgehead atoms. The molecule has 1 amide bonds. The molecule has 174 valence electrons. The Morgan fingerprint density at radius 2 is 1.55 bits per heavy atom. The first-order chi connectivity index (χ1) is 14.9. The van der Waals surface area contributed by atoms with Crippen LogP contribution in [0.25, 0.3) is 0 Å². The summed E-state index contributed by atoms with van der Waals surface area (Å²) in [6.07, 6.45) is 7.22. The van der Waals surface area contributed by atoms with Crippen LogP contribution in [0.4, 0.5) is 0 Å². The first kappa shape index (κ1) is 27.2. The zero-order chi connectivity index (χ0) is 23.1. The SMILES string of the molecule is CCCCCN(CCCCC)C(=O)C(CCC(=O)OC)CSc1ccc(C(C)=O)cc1. The van der Waals surface area contributed by atoms with E-state index < -0.39 is 0 Å². The van der Waals surface area contributed by atoms with Gasteiger partial charge in [0.05, 0.1) is 7.11 Å². The van der Waals surface area contributed by atoms with Crippen molar-refractivity contribution in [3.05, 3.63) is 29.8 Å². The molecule has 0 N–H and O–H groups in total. The van der Waals surface area contributed by atoms with Crippen molar-refractivity contribution in [2.24, 2.45) is 5.92 Å². The number of esters is 1. The molecule has 31 heavy (non-hydrogen) atoms. The minimum Gasteiger partial charge on any atom is -0.469 e. The van der Waals surface area contributed by atoms with E-state index in [1.165, 1.54) is 7.11 Å². The zero-order valence-corrected chi connectivity index (χ0v) is 20.5. The number of ketones is 1. The normalized spacial score (nSPS) is 11.7. The van der Waals surface area contributed by atoms with Crippen molar-refractivity contribution in [2.45, 2.75) is 77.0 Å². The summed E-state index contributed by atoms with van der Waals surface area (Å²) in [5.74, 6) is 0.270. The van der Waals surface area contributed by atoms with Crippen molar-refractivity contribution in [3.63, 3.8) is 0 Å². The molecular weight excluding hydrogens is 410 g/mol. The highest BCUT2D eigenvalue weighted by molar-refractivity contribution is 7.99. The molecule has 0 aliphatic carbocycles. The highest BCUT2D eigenvalue weighted by Gasteiger charge is 2.25. The van der Waals surface area contributed by atoms with E-state index in [1.807, 2.05) is 29.2 Å². The Labute approximate surface area is 192 Å². The van der Waals surface area contributed by atoms with Crippen LogP contribution in [0.15, 0.2) is 29.2 Å². The number of hydrogen-bond acceptors (Lipinski definition) is 5. The Balaban J connectivity index is 2.85. The van der Waals surface area contributed by atoms with Gasteiger partial charge in [0, 0.05) is 41.6 Å². The van der Waals surface area contributed by atoms with E-state index in [2.05, 4.69) is 13.8 Å². The second-order valence-electron chi connectivity index (χ2n) is 7.94. The molecule has 1 atom stereocenters. The fraction of sp³-hybridized carbons (Fsp3) is 0.640. The average molecular weight is 450 g/mol. The lowest BCUT2D eigenvalue weighted by Crippen LogP contribution is -2.39. The van der Waals surface area contributed by atoms with Crippen LogP contribution in [0.2, 0.25) is 0 Å². The second-order valence-corrected chi connectivity index (χ2v) is 9.04. The third-order valence-corrected chi connectivity index (χ3v) is 6.54. The molecule has 6 heteroatoms. The van der Waals surface area contributed by atoms with Crippen LogP contribution in [0.5, 0.6) is 0 Å². The standard InChI is InChI=1S/C25H39NO4S/c1-5-7-9-17-26(18-10-8-6-2)25(29)22(13-16-24(28)30-4)19-31-23-14-11-21(12-15-23)20(3)27/h11-12,14-15,22H,5-10,13,16-19H2,1-4H3. The van der Waals surface area contributed by atoms with Crippen molar-refractivity contribution in [1.82, 2.24) is 4.90 Å². The molecule has 0 aliphatic rings. The van der Waals surface area contributed by atoms with E-state index >= 15 is 0 Å². The molecule has 0 heterocycles. The number of carbonyl (C=O) groups excluding carboxylic acids is 3. The van der Waals surface area contributed by atoms with E-state index in [0.717, 1.165) is 56.5 Å². The summed E-state index contributed by atoms with van der Waals surface area (Å²) in [4.78, 5) is 39.6. The van der Waals surface area contributed by atoms with Crippen LogP contribution in [-0.4, -0.2) is 48.5 Å². The molecule has 0 saturated heterocycles. The number of amides is 1. The number of methoxy groups -OCH3 is 1. The molecule has 5 nitrogen and oxygen atoms in total. The number of benzene rings is 1. The largest absolute Gasteiger partial charge is 0.469 e. The molecule has 1 unspecified atom stereocenters. The van der Waals surface area contributed by atoms with E-state index in [4.69, 9.17) is 4.74 Å². The smallest absolute Gasteiger partial charge is 0.305 e. The van der Waals surface area contributed by atoms with Gasteiger partial charge in [0.25, 0.3) is 0 Å². The van der Waals surface area contributed by atoms with Gasteiger partial charge >= 0.3 is 5.97 Å². The third-order valence-electron chi connectivity index (χ3n) is 5.36. The minimum absolute atomic E-state index is 0.0393. The highest BCUT2D eigenvalue weighted by Crippen LogP contribution is 2.25. The number of thioether (sulfide) groups is 1. The molecule has 1 aromatic rings. The number of unbranched alkanes of at least 4 members (excludes halogenated alkanes) is 4. The fourth-order valence-corrected chi connectivity index (χ4v) is 4.38. The van der Waals surface area contributed by atoms with Crippen LogP contribution in [0.1, 0.15) is 82.5 Å². The summed E-state index contributed by atoms with van der Waals surface area (Å²) in [7, 11) is 1.38. The molecule has 0 spiro atoms. The Morgan fingerprint density at radius 1 is 0.968 bits per heavy atom. The molecule has 1 rings (SSSR count). The van der Waals surface area contributed by atoms with Gasteiger partial charge in [0.15, 0.2) is 5.78 Å². The molecule has 0 fully saturated rings. The Morgan fingerprint density at radius 3 is 2.03 bits per heavy atom. The summed E-state index contributed by atoms with van der Waals surface area (Å²) in [6, 6.07) is 7.47. The minimum atomic E-state index is -0.280.